The molecule has 0 spiro atoms. The topological polar surface area (TPSA) is 38.3 Å². The first-order chi connectivity index (χ1) is 9.50. The Morgan fingerprint density at radius 2 is 1.86 bits per heavy atom. The van der Waals surface area contributed by atoms with Crippen LogP contribution in [0.3, 0.4) is 0 Å². The SMILES string of the molecule is CC(C)(C)NCC(OC(=O)C(F)(F)F)c1ccccc1Cl. The third kappa shape index (κ3) is 5.93. The number of hydrogen-bond acceptors (Lipinski definition) is 3. The first-order valence-electron chi connectivity index (χ1n) is 6.28. The minimum absolute atomic E-state index is 0.0229. The number of rotatable bonds is 4. The smallest absolute Gasteiger partial charge is 0.449 e. The summed E-state index contributed by atoms with van der Waals surface area (Å²) in [6.07, 6.45) is -6.16. The van der Waals surface area contributed by atoms with Crippen LogP contribution in [0.25, 0.3) is 0 Å². The zero-order valence-electron chi connectivity index (χ0n) is 11.9. The monoisotopic (exact) mass is 323 g/mol. The summed E-state index contributed by atoms with van der Waals surface area (Å²) in [5.74, 6) is -2.23. The second-order valence-corrected chi connectivity index (χ2v) is 5.95. The lowest BCUT2D eigenvalue weighted by Gasteiger charge is -2.26. The maximum absolute atomic E-state index is 12.4. The number of carbonyl (C=O) groups is 1. The minimum Gasteiger partial charge on any atom is -0.449 e. The van der Waals surface area contributed by atoms with Gasteiger partial charge in [0.2, 0.25) is 0 Å². The van der Waals surface area contributed by atoms with Crippen LogP contribution in [-0.2, 0) is 9.53 Å². The standard InChI is InChI=1S/C14H17ClF3NO2/c1-13(2,3)19-8-11(21-12(20)14(16,17)18)9-6-4-5-7-10(9)15/h4-7,11,19H,8H2,1-3H3. The van der Waals surface area contributed by atoms with E-state index in [1.165, 1.54) is 12.1 Å². The van der Waals surface area contributed by atoms with Crippen molar-refractivity contribution in [2.75, 3.05) is 6.54 Å². The first-order valence-corrected chi connectivity index (χ1v) is 6.66. The molecule has 0 radical (unpaired) electrons. The van der Waals surface area contributed by atoms with Gasteiger partial charge in [0.05, 0.1) is 0 Å². The van der Waals surface area contributed by atoms with Crippen LogP contribution in [-0.4, -0.2) is 24.2 Å². The van der Waals surface area contributed by atoms with Crippen LogP contribution in [0.1, 0.15) is 32.4 Å². The van der Waals surface area contributed by atoms with Crippen LogP contribution in [0.2, 0.25) is 5.02 Å². The van der Waals surface area contributed by atoms with Gasteiger partial charge in [0.25, 0.3) is 0 Å². The van der Waals surface area contributed by atoms with E-state index < -0.39 is 18.2 Å². The number of ether oxygens (including phenoxy) is 1. The third-order valence-electron chi connectivity index (χ3n) is 2.55. The predicted molar refractivity (Wildman–Crippen MR) is 74.1 cm³/mol. The molecule has 7 heteroatoms. The molecule has 0 heterocycles. The number of nitrogens with one attached hydrogen (secondary N) is 1. The van der Waals surface area contributed by atoms with E-state index >= 15 is 0 Å². The van der Waals surface area contributed by atoms with Crippen LogP contribution in [0, 0.1) is 0 Å². The van der Waals surface area contributed by atoms with Crippen molar-refractivity contribution in [3.8, 4) is 0 Å². The number of carbonyl (C=O) groups excluding carboxylic acids is 1. The largest absolute Gasteiger partial charge is 0.490 e. The third-order valence-corrected chi connectivity index (χ3v) is 2.89. The maximum Gasteiger partial charge on any atom is 0.490 e. The summed E-state index contributed by atoms with van der Waals surface area (Å²) in [5.41, 5.74) is -0.0158. The number of hydrogen-bond donors (Lipinski definition) is 1. The Bertz CT molecular complexity index is 498. The highest BCUT2D eigenvalue weighted by Crippen LogP contribution is 2.28. The van der Waals surface area contributed by atoms with Gasteiger partial charge < -0.3 is 10.1 Å². The molecular formula is C14H17ClF3NO2. The molecule has 0 aromatic heterocycles. The quantitative estimate of drug-likeness (QED) is 0.855. The summed E-state index contributed by atoms with van der Waals surface area (Å²) in [6.45, 7) is 5.57. The Morgan fingerprint density at radius 3 is 2.33 bits per heavy atom. The highest BCUT2D eigenvalue weighted by atomic mass is 35.5. The molecule has 0 amide bonds. The predicted octanol–water partition coefficient (Wildman–Crippen LogP) is 3.87. The lowest BCUT2D eigenvalue weighted by Crippen LogP contribution is -2.40. The minimum atomic E-state index is -5.04. The molecule has 0 bridgehead atoms. The number of alkyl halides is 3. The summed E-state index contributed by atoms with van der Waals surface area (Å²) >= 11 is 5.97. The Hall–Kier alpha value is -1.27. The van der Waals surface area contributed by atoms with Crippen molar-refractivity contribution in [1.82, 2.24) is 5.32 Å². The van der Waals surface area contributed by atoms with Gasteiger partial charge >= 0.3 is 12.1 Å². The summed E-state index contributed by atoms with van der Waals surface area (Å²) in [5, 5.41) is 3.24. The number of esters is 1. The second kappa shape index (κ2) is 6.66. The molecule has 1 atom stereocenters. The van der Waals surface area contributed by atoms with E-state index in [0.717, 1.165) is 0 Å². The molecule has 0 aliphatic rings. The van der Waals surface area contributed by atoms with Gasteiger partial charge in [0.1, 0.15) is 6.10 Å². The zero-order valence-corrected chi connectivity index (χ0v) is 12.7. The van der Waals surface area contributed by atoms with Crippen molar-refractivity contribution in [3.05, 3.63) is 34.9 Å². The van der Waals surface area contributed by atoms with Crippen molar-refractivity contribution in [2.24, 2.45) is 0 Å². The van der Waals surface area contributed by atoms with Gasteiger partial charge in [-0.3, -0.25) is 0 Å². The van der Waals surface area contributed by atoms with E-state index in [9.17, 15) is 18.0 Å². The number of halogens is 4. The van der Waals surface area contributed by atoms with Crippen LogP contribution in [0.5, 0.6) is 0 Å². The van der Waals surface area contributed by atoms with E-state index in [2.05, 4.69) is 10.1 Å². The van der Waals surface area contributed by atoms with E-state index in [1.54, 1.807) is 12.1 Å². The van der Waals surface area contributed by atoms with Crippen molar-refractivity contribution in [1.29, 1.82) is 0 Å². The second-order valence-electron chi connectivity index (χ2n) is 5.54. The molecule has 1 rings (SSSR count). The molecule has 0 aliphatic heterocycles. The fourth-order valence-electron chi connectivity index (χ4n) is 1.55. The molecule has 0 saturated carbocycles. The Balaban J connectivity index is 2.95. The fourth-order valence-corrected chi connectivity index (χ4v) is 1.80. The van der Waals surface area contributed by atoms with Gasteiger partial charge in [-0.2, -0.15) is 13.2 Å². The summed E-state index contributed by atoms with van der Waals surface area (Å²) in [7, 11) is 0. The average Bonchev–Trinajstić information content (AvgIpc) is 2.32. The van der Waals surface area contributed by atoms with Crippen molar-refractivity contribution < 1.29 is 22.7 Å². The molecule has 1 aromatic rings. The Morgan fingerprint density at radius 1 is 1.29 bits per heavy atom. The summed E-state index contributed by atoms with van der Waals surface area (Å²) < 4.78 is 41.7. The van der Waals surface area contributed by atoms with E-state index in [0.29, 0.717) is 5.56 Å². The van der Waals surface area contributed by atoms with Gasteiger partial charge in [-0.1, -0.05) is 29.8 Å². The molecule has 0 saturated heterocycles. The summed E-state index contributed by atoms with van der Waals surface area (Å²) in [4.78, 5) is 11.1. The normalized spacial score (nSPS) is 13.9. The zero-order chi connectivity index (χ0) is 16.3. The molecule has 1 N–H and O–H groups in total. The molecular weight excluding hydrogens is 307 g/mol. The molecule has 1 aromatic carbocycles. The Kier molecular flexibility index (Phi) is 5.64. The molecule has 21 heavy (non-hydrogen) atoms. The van der Waals surface area contributed by atoms with Gasteiger partial charge in [0.15, 0.2) is 0 Å². The van der Waals surface area contributed by atoms with Crippen molar-refractivity contribution >= 4 is 17.6 Å². The fraction of sp³-hybridized carbons (Fsp3) is 0.500. The first kappa shape index (κ1) is 17.8. The highest BCUT2D eigenvalue weighted by molar-refractivity contribution is 6.31. The van der Waals surface area contributed by atoms with E-state index in [-0.39, 0.29) is 17.1 Å². The molecule has 0 aliphatic carbocycles. The molecule has 118 valence electrons. The van der Waals surface area contributed by atoms with E-state index in [1.807, 2.05) is 20.8 Å². The van der Waals surface area contributed by atoms with Crippen molar-refractivity contribution in [3.63, 3.8) is 0 Å². The van der Waals surface area contributed by atoms with Crippen LogP contribution in [0.4, 0.5) is 13.2 Å². The summed E-state index contributed by atoms with van der Waals surface area (Å²) in [6, 6.07) is 6.32. The molecule has 0 fully saturated rings. The lowest BCUT2D eigenvalue weighted by atomic mass is 10.1. The van der Waals surface area contributed by atoms with Crippen molar-refractivity contribution in [2.45, 2.75) is 38.6 Å². The number of benzene rings is 1. The Labute approximate surface area is 126 Å². The van der Waals surface area contributed by atoms with Gasteiger partial charge in [-0.15, -0.1) is 0 Å². The van der Waals surface area contributed by atoms with E-state index in [4.69, 9.17) is 11.6 Å². The van der Waals surface area contributed by atoms with Crippen LogP contribution < -0.4 is 5.32 Å². The van der Waals surface area contributed by atoms with Gasteiger partial charge in [-0.25, -0.2) is 4.79 Å². The van der Waals surface area contributed by atoms with Crippen LogP contribution in [0.15, 0.2) is 24.3 Å². The van der Waals surface area contributed by atoms with Gasteiger partial charge in [0, 0.05) is 22.7 Å². The highest BCUT2D eigenvalue weighted by Gasteiger charge is 2.42. The van der Waals surface area contributed by atoms with Crippen LogP contribution >= 0.6 is 11.6 Å². The maximum atomic E-state index is 12.4. The average molecular weight is 324 g/mol. The van der Waals surface area contributed by atoms with Gasteiger partial charge in [-0.05, 0) is 26.8 Å². The molecule has 1 unspecified atom stereocenters. The molecule has 3 nitrogen and oxygen atoms in total. The lowest BCUT2D eigenvalue weighted by molar-refractivity contribution is -0.205.